The number of likely N-dealkylation sites (tertiary alicyclic amines) is 1. The summed E-state index contributed by atoms with van der Waals surface area (Å²) < 4.78 is 37.4. The van der Waals surface area contributed by atoms with Crippen molar-refractivity contribution in [2.45, 2.75) is 67.9 Å². The average Bonchev–Trinajstić information content (AvgIpc) is 3.17. The summed E-state index contributed by atoms with van der Waals surface area (Å²) in [6.07, 6.45) is 4.78. The van der Waals surface area contributed by atoms with Crippen LogP contribution in [0.5, 0.6) is 0 Å². The van der Waals surface area contributed by atoms with E-state index in [2.05, 4.69) is 0 Å². The van der Waals surface area contributed by atoms with Gasteiger partial charge >= 0.3 is 0 Å². The summed E-state index contributed by atoms with van der Waals surface area (Å²) in [4.78, 5) is 15.0. The lowest BCUT2D eigenvalue weighted by Crippen LogP contribution is -2.47. The Morgan fingerprint density at radius 2 is 2.00 bits per heavy atom. The number of amides is 1. The highest BCUT2D eigenvalue weighted by atomic mass is 32.2. The maximum Gasteiger partial charge on any atom is 0.241 e. The number of nitrogens with zero attached hydrogens (tertiary/aromatic N) is 1. The SMILES string of the molecule is CCC(C(=O)N1CCC[C@H]1COC1CCCCO1)S(=O)(=O)c1ccccc1. The molecular formula is C20H29NO5S. The van der Waals surface area contributed by atoms with E-state index < -0.39 is 15.1 Å². The van der Waals surface area contributed by atoms with Gasteiger partial charge < -0.3 is 14.4 Å². The van der Waals surface area contributed by atoms with E-state index in [1.165, 1.54) is 0 Å². The molecule has 3 rings (SSSR count). The Labute approximate surface area is 161 Å². The fraction of sp³-hybridized carbons (Fsp3) is 0.650. The lowest BCUT2D eigenvalue weighted by atomic mass is 10.2. The van der Waals surface area contributed by atoms with Crippen LogP contribution in [-0.2, 0) is 24.1 Å². The van der Waals surface area contributed by atoms with E-state index in [0.29, 0.717) is 19.8 Å². The van der Waals surface area contributed by atoms with Gasteiger partial charge in [0, 0.05) is 13.2 Å². The second kappa shape index (κ2) is 9.17. The van der Waals surface area contributed by atoms with Crippen LogP contribution in [-0.4, -0.2) is 56.6 Å². The van der Waals surface area contributed by atoms with Crippen LogP contribution in [0.15, 0.2) is 35.2 Å². The minimum absolute atomic E-state index is 0.0805. The fourth-order valence-corrected chi connectivity index (χ4v) is 5.55. The van der Waals surface area contributed by atoms with Crippen LogP contribution in [0.1, 0.15) is 45.4 Å². The van der Waals surface area contributed by atoms with E-state index in [-0.39, 0.29) is 29.6 Å². The molecule has 0 radical (unpaired) electrons. The second-order valence-electron chi connectivity index (χ2n) is 7.21. The zero-order valence-electron chi connectivity index (χ0n) is 15.9. The number of hydrogen-bond acceptors (Lipinski definition) is 5. The van der Waals surface area contributed by atoms with Crippen LogP contribution in [0.25, 0.3) is 0 Å². The molecule has 0 spiro atoms. The lowest BCUT2D eigenvalue weighted by molar-refractivity contribution is -0.171. The predicted molar refractivity (Wildman–Crippen MR) is 102 cm³/mol. The first kappa shape index (κ1) is 20.3. The van der Waals surface area contributed by atoms with Crippen LogP contribution >= 0.6 is 0 Å². The van der Waals surface area contributed by atoms with Gasteiger partial charge in [0.1, 0.15) is 5.25 Å². The summed E-state index contributed by atoms with van der Waals surface area (Å²) in [5.41, 5.74) is 0. The molecule has 2 unspecified atom stereocenters. The first-order valence-electron chi connectivity index (χ1n) is 9.86. The van der Waals surface area contributed by atoms with Gasteiger partial charge in [-0.1, -0.05) is 25.1 Å². The zero-order valence-corrected chi connectivity index (χ0v) is 16.7. The number of carbonyl (C=O) groups is 1. The number of hydrogen-bond donors (Lipinski definition) is 0. The first-order chi connectivity index (χ1) is 13.0. The van der Waals surface area contributed by atoms with Gasteiger partial charge in [0.15, 0.2) is 16.1 Å². The van der Waals surface area contributed by atoms with Crippen molar-refractivity contribution in [3.63, 3.8) is 0 Å². The molecule has 0 bridgehead atoms. The van der Waals surface area contributed by atoms with Gasteiger partial charge in [-0.2, -0.15) is 0 Å². The smallest absolute Gasteiger partial charge is 0.241 e. The van der Waals surface area contributed by atoms with Crippen molar-refractivity contribution in [2.24, 2.45) is 0 Å². The molecule has 2 aliphatic rings. The predicted octanol–water partition coefficient (Wildman–Crippen LogP) is 2.77. The van der Waals surface area contributed by atoms with E-state index >= 15 is 0 Å². The summed E-state index contributed by atoms with van der Waals surface area (Å²) in [5.74, 6) is -0.308. The summed E-state index contributed by atoms with van der Waals surface area (Å²) in [7, 11) is -3.70. The molecule has 0 N–H and O–H groups in total. The van der Waals surface area contributed by atoms with Crippen molar-refractivity contribution in [3.05, 3.63) is 30.3 Å². The first-order valence-corrected chi connectivity index (χ1v) is 11.4. The Kier molecular flexibility index (Phi) is 6.89. The van der Waals surface area contributed by atoms with Crippen LogP contribution < -0.4 is 0 Å². The normalized spacial score (nSPS) is 24.7. The van der Waals surface area contributed by atoms with Gasteiger partial charge in [-0.15, -0.1) is 0 Å². The van der Waals surface area contributed by atoms with Crippen molar-refractivity contribution < 1.29 is 22.7 Å². The standard InChI is InChI=1S/C20H29NO5S/c1-2-18(27(23,24)17-10-4-3-5-11-17)20(22)21-13-8-9-16(21)15-26-19-12-6-7-14-25-19/h3-5,10-11,16,18-19H,2,6-9,12-15H2,1H3/t16-,18?,19?/m0/s1. The highest BCUT2D eigenvalue weighted by Crippen LogP contribution is 2.26. The van der Waals surface area contributed by atoms with Gasteiger partial charge in [0.2, 0.25) is 5.91 Å². The Morgan fingerprint density at radius 3 is 2.67 bits per heavy atom. The van der Waals surface area contributed by atoms with E-state index in [9.17, 15) is 13.2 Å². The minimum atomic E-state index is -3.70. The maximum atomic E-state index is 13.1. The molecule has 3 atom stereocenters. The van der Waals surface area contributed by atoms with Crippen molar-refractivity contribution in [1.29, 1.82) is 0 Å². The molecule has 2 fully saturated rings. The number of ether oxygens (including phenoxy) is 2. The van der Waals surface area contributed by atoms with E-state index in [1.807, 2.05) is 0 Å². The third-order valence-electron chi connectivity index (χ3n) is 5.37. The molecule has 0 saturated carbocycles. The van der Waals surface area contributed by atoms with E-state index in [1.54, 1.807) is 42.2 Å². The number of benzene rings is 1. The number of rotatable bonds is 7. The highest BCUT2D eigenvalue weighted by Gasteiger charge is 2.39. The van der Waals surface area contributed by atoms with Gasteiger partial charge in [0.25, 0.3) is 0 Å². The number of carbonyl (C=O) groups excluding carboxylic acids is 1. The van der Waals surface area contributed by atoms with Crippen LogP contribution in [0.3, 0.4) is 0 Å². The summed E-state index contributed by atoms with van der Waals surface area (Å²) >= 11 is 0. The second-order valence-corrected chi connectivity index (χ2v) is 9.34. The van der Waals surface area contributed by atoms with Gasteiger partial charge in [-0.05, 0) is 50.7 Å². The Balaban J connectivity index is 1.68. The minimum Gasteiger partial charge on any atom is -0.353 e. The Hall–Kier alpha value is -1.44. The molecule has 1 aromatic rings. The summed E-state index contributed by atoms with van der Waals surface area (Å²) in [6, 6.07) is 8.15. The molecule has 27 heavy (non-hydrogen) atoms. The van der Waals surface area contributed by atoms with Crippen molar-refractivity contribution in [2.75, 3.05) is 19.8 Å². The monoisotopic (exact) mass is 395 g/mol. The zero-order chi connectivity index (χ0) is 19.3. The molecule has 7 heteroatoms. The third kappa shape index (κ3) is 4.70. The van der Waals surface area contributed by atoms with Gasteiger partial charge in [-0.3, -0.25) is 4.79 Å². The molecular weight excluding hydrogens is 366 g/mol. The maximum absolute atomic E-state index is 13.1. The quantitative estimate of drug-likeness (QED) is 0.710. The van der Waals surface area contributed by atoms with Gasteiger partial charge in [-0.25, -0.2) is 8.42 Å². The van der Waals surface area contributed by atoms with Crippen LogP contribution in [0.2, 0.25) is 0 Å². The number of sulfone groups is 1. The molecule has 150 valence electrons. The van der Waals surface area contributed by atoms with E-state index in [4.69, 9.17) is 9.47 Å². The third-order valence-corrected chi connectivity index (χ3v) is 7.58. The lowest BCUT2D eigenvalue weighted by Gasteiger charge is -2.30. The summed E-state index contributed by atoms with van der Waals surface area (Å²) in [6.45, 7) is 3.45. The average molecular weight is 396 g/mol. The molecule has 0 aromatic heterocycles. The van der Waals surface area contributed by atoms with E-state index in [0.717, 1.165) is 32.1 Å². The van der Waals surface area contributed by atoms with Crippen molar-refractivity contribution in [1.82, 2.24) is 4.90 Å². The molecule has 6 nitrogen and oxygen atoms in total. The fourth-order valence-electron chi connectivity index (χ4n) is 3.85. The molecule has 2 saturated heterocycles. The largest absolute Gasteiger partial charge is 0.353 e. The van der Waals surface area contributed by atoms with Gasteiger partial charge in [0.05, 0.1) is 17.5 Å². The highest BCUT2D eigenvalue weighted by molar-refractivity contribution is 7.92. The van der Waals surface area contributed by atoms with Crippen LogP contribution in [0, 0.1) is 0 Å². The molecule has 2 aliphatic heterocycles. The van der Waals surface area contributed by atoms with Crippen LogP contribution in [0.4, 0.5) is 0 Å². The molecule has 1 amide bonds. The molecule has 0 aliphatic carbocycles. The summed E-state index contributed by atoms with van der Waals surface area (Å²) in [5, 5.41) is -1.05. The molecule has 2 heterocycles. The molecule has 1 aromatic carbocycles. The Morgan fingerprint density at radius 1 is 1.22 bits per heavy atom. The topological polar surface area (TPSA) is 72.9 Å². The van der Waals surface area contributed by atoms with Crippen molar-refractivity contribution >= 4 is 15.7 Å². The van der Waals surface area contributed by atoms with Crippen molar-refractivity contribution in [3.8, 4) is 0 Å². The Bertz CT molecular complexity index is 715.